The molecule has 1 aliphatic heterocycles. The maximum Gasteiger partial charge on any atom is 0.498 e. The molecule has 0 radical (unpaired) electrons. The van der Waals surface area contributed by atoms with Gasteiger partial charge in [0.2, 0.25) is 0 Å². The summed E-state index contributed by atoms with van der Waals surface area (Å²) in [5, 5.41) is 0. The molecule has 0 saturated carbocycles. The maximum absolute atomic E-state index is 13.1. The van der Waals surface area contributed by atoms with Gasteiger partial charge in [0.25, 0.3) is 0 Å². The van der Waals surface area contributed by atoms with Gasteiger partial charge in [0.05, 0.1) is 29.3 Å². The van der Waals surface area contributed by atoms with Gasteiger partial charge >= 0.3 is 7.12 Å². The number of hydrogen-bond acceptors (Lipinski definition) is 5. The lowest BCUT2D eigenvalue weighted by Crippen LogP contribution is -2.41. The molecule has 0 unspecified atom stereocenters. The highest BCUT2D eigenvalue weighted by molar-refractivity contribution is 7.92. The number of hydrogen-bond donors (Lipinski definition) is 0. The highest BCUT2D eigenvalue weighted by atomic mass is 32.2. The maximum atomic E-state index is 13.1. The number of aryl methyl sites for hydroxylation is 1. The van der Waals surface area contributed by atoms with Gasteiger partial charge in [0.15, 0.2) is 12.3 Å². The molecule has 23 heavy (non-hydrogen) atoms. The van der Waals surface area contributed by atoms with E-state index in [9.17, 15) is 3.89 Å². The zero-order valence-corrected chi connectivity index (χ0v) is 15.0. The lowest BCUT2D eigenvalue weighted by atomic mass is 9.78. The Labute approximate surface area is 140 Å². The molecule has 1 saturated heterocycles. The molecule has 1 aromatic carbocycles. The Hall–Kier alpha value is -1.25. The standard InChI is InChI=1S/C15H20BFN2O3S/c1-9-18-11-7-10(13(20-6)8-12(11)19(9)23-17)16-21-14(2,3)15(4,5)22-16/h7-8H,1-6H3. The summed E-state index contributed by atoms with van der Waals surface area (Å²) < 4.78 is 32.2. The van der Waals surface area contributed by atoms with E-state index in [0.29, 0.717) is 22.6 Å². The van der Waals surface area contributed by atoms with Crippen LogP contribution in [0.15, 0.2) is 12.1 Å². The first-order chi connectivity index (χ1) is 10.7. The van der Waals surface area contributed by atoms with Gasteiger partial charge in [-0.25, -0.2) is 8.96 Å². The van der Waals surface area contributed by atoms with Crippen molar-refractivity contribution in [3.05, 3.63) is 18.0 Å². The normalized spacial score (nSPS) is 19.5. The van der Waals surface area contributed by atoms with Crippen molar-refractivity contribution >= 4 is 35.9 Å². The van der Waals surface area contributed by atoms with Gasteiger partial charge in [0.1, 0.15) is 11.6 Å². The lowest BCUT2D eigenvalue weighted by Gasteiger charge is -2.32. The van der Waals surface area contributed by atoms with Crippen LogP contribution in [0.5, 0.6) is 5.75 Å². The Morgan fingerprint density at radius 3 is 2.35 bits per heavy atom. The van der Waals surface area contributed by atoms with Gasteiger partial charge in [-0.05, 0) is 40.7 Å². The number of imidazole rings is 1. The van der Waals surface area contributed by atoms with Crippen LogP contribution in [-0.4, -0.2) is 34.4 Å². The average Bonchev–Trinajstić information content (AvgIpc) is 2.89. The van der Waals surface area contributed by atoms with E-state index in [2.05, 4.69) is 4.98 Å². The lowest BCUT2D eigenvalue weighted by molar-refractivity contribution is 0.00578. The largest absolute Gasteiger partial charge is 0.498 e. The molecule has 1 fully saturated rings. The summed E-state index contributed by atoms with van der Waals surface area (Å²) in [6.45, 7) is 9.74. The molecule has 124 valence electrons. The van der Waals surface area contributed by atoms with Crippen molar-refractivity contribution in [1.29, 1.82) is 0 Å². The third-order valence-electron chi connectivity index (χ3n) is 4.70. The minimum Gasteiger partial charge on any atom is -0.497 e. The summed E-state index contributed by atoms with van der Waals surface area (Å²) in [4.78, 5) is 4.40. The zero-order chi connectivity index (χ0) is 17.0. The molecule has 1 aromatic heterocycles. The van der Waals surface area contributed by atoms with Gasteiger partial charge in [0, 0.05) is 11.5 Å². The van der Waals surface area contributed by atoms with Crippen molar-refractivity contribution in [2.24, 2.45) is 0 Å². The molecule has 2 heterocycles. The minimum atomic E-state index is -0.553. The van der Waals surface area contributed by atoms with E-state index in [-0.39, 0.29) is 12.3 Å². The number of nitrogens with zero attached hydrogens (tertiary/aromatic N) is 2. The van der Waals surface area contributed by atoms with Gasteiger partial charge in [-0.3, -0.25) is 0 Å². The summed E-state index contributed by atoms with van der Waals surface area (Å²) in [6, 6.07) is 3.61. The average molecular weight is 338 g/mol. The highest BCUT2D eigenvalue weighted by Crippen LogP contribution is 2.37. The number of ether oxygens (including phenoxy) is 1. The van der Waals surface area contributed by atoms with Crippen LogP contribution in [-0.2, 0) is 9.31 Å². The Bertz CT molecular complexity index is 747. The fourth-order valence-corrected chi connectivity index (χ4v) is 3.00. The zero-order valence-electron chi connectivity index (χ0n) is 14.1. The molecule has 0 N–H and O–H groups in total. The van der Waals surface area contributed by atoms with E-state index in [1.54, 1.807) is 20.1 Å². The van der Waals surface area contributed by atoms with Gasteiger partial charge in [-0.15, -0.1) is 3.89 Å². The van der Waals surface area contributed by atoms with E-state index >= 15 is 0 Å². The molecule has 8 heteroatoms. The van der Waals surface area contributed by atoms with Crippen LogP contribution in [0.25, 0.3) is 11.0 Å². The van der Waals surface area contributed by atoms with Crippen LogP contribution in [0.3, 0.4) is 0 Å². The second kappa shape index (κ2) is 5.39. The summed E-state index contributed by atoms with van der Waals surface area (Å²) in [5.74, 6) is 1.17. The highest BCUT2D eigenvalue weighted by Gasteiger charge is 2.52. The van der Waals surface area contributed by atoms with Gasteiger partial charge in [-0.2, -0.15) is 0 Å². The molecular formula is C15H20BFN2O3S. The van der Waals surface area contributed by atoms with Crippen LogP contribution in [0.1, 0.15) is 33.5 Å². The monoisotopic (exact) mass is 338 g/mol. The minimum absolute atomic E-state index is 0.124. The molecule has 0 atom stereocenters. The SMILES string of the molecule is COc1cc2c(cc1B1OC(C)(C)C(C)(C)O1)nc(C)n2SF. The van der Waals surface area contributed by atoms with Crippen molar-refractivity contribution in [3.63, 3.8) is 0 Å². The number of benzene rings is 1. The topological polar surface area (TPSA) is 45.5 Å². The van der Waals surface area contributed by atoms with Crippen LogP contribution in [0.4, 0.5) is 3.89 Å². The second-order valence-corrected chi connectivity index (χ2v) is 7.20. The first kappa shape index (κ1) is 16.6. The number of halogens is 1. The number of aromatic nitrogens is 2. The predicted octanol–water partition coefficient (Wildman–Crippen LogP) is 3.03. The van der Waals surface area contributed by atoms with E-state index in [1.165, 1.54) is 3.97 Å². The first-order valence-corrected chi connectivity index (χ1v) is 8.09. The number of rotatable bonds is 3. The van der Waals surface area contributed by atoms with Gasteiger partial charge in [-0.1, -0.05) is 0 Å². The third-order valence-corrected chi connectivity index (χ3v) is 5.30. The van der Waals surface area contributed by atoms with E-state index in [4.69, 9.17) is 14.0 Å². The van der Waals surface area contributed by atoms with E-state index < -0.39 is 18.3 Å². The van der Waals surface area contributed by atoms with E-state index in [0.717, 1.165) is 5.46 Å². The van der Waals surface area contributed by atoms with Crippen LogP contribution in [0.2, 0.25) is 0 Å². The smallest absolute Gasteiger partial charge is 0.497 e. The molecule has 2 aromatic rings. The number of fused-ring (bicyclic) bond motifs is 1. The van der Waals surface area contributed by atoms with Crippen LogP contribution in [0, 0.1) is 6.92 Å². The van der Waals surface area contributed by atoms with Gasteiger partial charge < -0.3 is 14.0 Å². The van der Waals surface area contributed by atoms with Crippen molar-refractivity contribution in [2.75, 3.05) is 7.11 Å². The molecule has 0 spiro atoms. The second-order valence-electron chi connectivity index (χ2n) is 6.69. The van der Waals surface area contributed by atoms with Crippen molar-refractivity contribution in [1.82, 2.24) is 8.96 Å². The Kier molecular flexibility index (Phi) is 3.89. The Morgan fingerprint density at radius 1 is 1.22 bits per heavy atom. The van der Waals surface area contributed by atoms with Crippen molar-refractivity contribution in [2.45, 2.75) is 45.8 Å². The first-order valence-electron chi connectivity index (χ1n) is 7.42. The quantitative estimate of drug-likeness (QED) is 0.805. The molecule has 0 amide bonds. The number of methoxy groups -OCH3 is 1. The van der Waals surface area contributed by atoms with E-state index in [1.807, 2.05) is 33.8 Å². The fourth-order valence-electron chi connectivity index (χ4n) is 2.64. The van der Waals surface area contributed by atoms with Crippen molar-refractivity contribution in [3.8, 4) is 5.75 Å². The molecule has 1 aliphatic rings. The molecule has 0 bridgehead atoms. The Balaban J connectivity index is 2.11. The van der Waals surface area contributed by atoms with Crippen molar-refractivity contribution < 1.29 is 17.9 Å². The van der Waals surface area contributed by atoms with Crippen LogP contribution < -0.4 is 10.2 Å². The Morgan fingerprint density at radius 2 is 1.83 bits per heavy atom. The molecule has 3 rings (SSSR count). The fraction of sp³-hybridized carbons (Fsp3) is 0.533. The summed E-state index contributed by atoms with van der Waals surface area (Å²) in [7, 11) is 1.02. The summed E-state index contributed by atoms with van der Waals surface area (Å²) in [5.41, 5.74) is 1.21. The predicted molar refractivity (Wildman–Crippen MR) is 90.8 cm³/mol. The molecule has 0 aliphatic carbocycles. The molecule has 5 nitrogen and oxygen atoms in total. The van der Waals surface area contributed by atoms with Crippen LogP contribution >= 0.6 is 12.3 Å². The third kappa shape index (κ3) is 2.53. The summed E-state index contributed by atoms with van der Waals surface area (Å²) >= 11 is 0.124. The molecular weight excluding hydrogens is 318 g/mol. The summed E-state index contributed by atoms with van der Waals surface area (Å²) in [6.07, 6.45) is 0.